The highest BCUT2D eigenvalue weighted by Gasteiger charge is 2.32. The Labute approximate surface area is 145 Å². The quantitative estimate of drug-likeness (QED) is 0.485. The van der Waals surface area contributed by atoms with E-state index in [0.29, 0.717) is 0 Å². The summed E-state index contributed by atoms with van der Waals surface area (Å²) in [7, 11) is 0. The number of nitrogens with one attached hydrogen (secondary N) is 2. The second-order valence-corrected chi connectivity index (χ2v) is 5.07. The van der Waals surface area contributed by atoms with Gasteiger partial charge in [0.1, 0.15) is 5.82 Å². The summed E-state index contributed by atoms with van der Waals surface area (Å²) in [5.41, 5.74) is 1.07. The zero-order valence-electron chi connectivity index (χ0n) is 13.2. The predicted molar refractivity (Wildman–Crippen MR) is 85.9 cm³/mol. The molecule has 2 aromatic carbocycles. The molecule has 0 fully saturated rings. The summed E-state index contributed by atoms with van der Waals surface area (Å²) < 4.78 is 51.2. The fourth-order valence-electron chi connectivity index (χ4n) is 1.94. The molecule has 5 nitrogen and oxygen atoms in total. The average Bonchev–Trinajstić information content (AvgIpc) is 2.60. The number of alkyl halides is 3. The van der Waals surface area contributed by atoms with Crippen molar-refractivity contribution < 1.29 is 27.2 Å². The smallest absolute Gasteiger partial charge is 0.343 e. The van der Waals surface area contributed by atoms with Crippen LogP contribution in [0.25, 0.3) is 0 Å². The van der Waals surface area contributed by atoms with Gasteiger partial charge in [-0.15, -0.1) is 0 Å². The first-order chi connectivity index (χ1) is 12.3. The highest BCUT2D eigenvalue weighted by atomic mass is 19.4. The molecule has 26 heavy (non-hydrogen) atoms. The van der Waals surface area contributed by atoms with Crippen LogP contribution in [-0.4, -0.2) is 24.6 Å². The molecule has 0 aromatic heterocycles. The number of hydrazone groups is 1. The van der Waals surface area contributed by atoms with Crippen LogP contribution in [0.5, 0.6) is 0 Å². The fraction of sp³-hybridized carbons (Fsp3) is 0.118. The molecule has 0 atom stereocenters. The number of amides is 2. The Morgan fingerprint density at radius 3 is 2.35 bits per heavy atom. The molecular weight excluding hydrogens is 354 g/mol. The normalized spacial score (nSPS) is 11.4. The second kappa shape index (κ2) is 8.24. The van der Waals surface area contributed by atoms with Crippen molar-refractivity contribution in [3.63, 3.8) is 0 Å². The molecule has 0 heterocycles. The molecule has 0 aliphatic heterocycles. The lowest BCUT2D eigenvalue weighted by molar-refractivity contribution is -0.137. The molecule has 0 aliphatic rings. The maximum absolute atomic E-state index is 12.8. The Balaban J connectivity index is 1.88. The topological polar surface area (TPSA) is 70.6 Å². The van der Waals surface area contributed by atoms with Crippen LogP contribution in [0.15, 0.2) is 53.6 Å². The molecule has 0 unspecified atom stereocenters. The largest absolute Gasteiger partial charge is 0.417 e. The van der Waals surface area contributed by atoms with Gasteiger partial charge >= 0.3 is 6.18 Å². The first-order valence-electron chi connectivity index (χ1n) is 7.29. The Bertz CT molecular complexity index is 818. The Hall–Kier alpha value is -3.23. The van der Waals surface area contributed by atoms with E-state index in [1.165, 1.54) is 30.3 Å². The maximum Gasteiger partial charge on any atom is 0.417 e. The fourth-order valence-corrected chi connectivity index (χ4v) is 1.94. The van der Waals surface area contributed by atoms with Crippen molar-refractivity contribution >= 4 is 18.0 Å². The molecule has 0 aliphatic carbocycles. The minimum Gasteiger partial charge on any atom is -0.343 e. The van der Waals surface area contributed by atoms with Gasteiger partial charge in [0.05, 0.1) is 18.3 Å². The minimum atomic E-state index is -4.55. The van der Waals surface area contributed by atoms with E-state index in [1.807, 2.05) is 5.43 Å². The number of nitrogens with zero attached hydrogens (tertiary/aromatic N) is 1. The van der Waals surface area contributed by atoms with E-state index in [1.54, 1.807) is 0 Å². The Morgan fingerprint density at radius 2 is 1.69 bits per heavy atom. The molecule has 0 spiro atoms. The third-order valence-electron chi connectivity index (χ3n) is 3.17. The average molecular weight is 367 g/mol. The lowest BCUT2D eigenvalue weighted by atomic mass is 10.1. The molecule has 0 bridgehead atoms. The number of hydrogen-bond acceptors (Lipinski definition) is 3. The van der Waals surface area contributed by atoms with Gasteiger partial charge in [-0.25, -0.2) is 9.82 Å². The van der Waals surface area contributed by atoms with E-state index in [0.717, 1.165) is 24.4 Å². The molecule has 2 amide bonds. The lowest BCUT2D eigenvalue weighted by Crippen LogP contribution is -2.34. The minimum absolute atomic E-state index is 0.154. The summed E-state index contributed by atoms with van der Waals surface area (Å²) in [6.45, 7) is -0.450. The van der Waals surface area contributed by atoms with Crippen molar-refractivity contribution in [2.75, 3.05) is 6.54 Å². The second-order valence-electron chi connectivity index (χ2n) is 5.07. The van der Waals surface area contributed by atoms with Crippen LogP contribution in [0.2, 0.25) is 0 Å². The van der Waals surface area contributed by atoms with E-state index in [4.69, 9.17) is 0 Å². The summed E-state index contributed by atoms with van der Waals surface area (Å²) in [4.78, 5) is 23.3. The highest BCUT2D eigenvalue weighted by Crippen LogP contribution is 2.30. The molecule has 9 heteroatoms. The number of benzene rings is 2. The van der Waals surface area contributed by atoms with E-state index in [2.05, 4.69) is 10.4 Å². The van der Waals surface area contributed by atoms with Gasteiger partial charge in [-0.2, -0.15) is 18.3 Å². The van der Waals surface area contributed by atoms with Gasteiger partial charge in [0.15, 0.2) is 0 Å². The third kappa shape index (κ3) is 5.40. The molecule has 0 radical (unpaired) electrons. The number of carbonyl (C=O) groups is 2. The highest BCUT2D eigenvalue weighted by molar-refractivity contribution is 5.96. The van der Waals surface area contributed by atoms with Crippen LogP contribution in [0.1, 0.15) is 21.5 Å². The molecular formula is C17H13F4N3O2. The summed E-state index contributed by atoms with van der Waals surface area (Å²) in [5, 5.41) is 5.73. The van der Waals surface area contributed by atoms with E-state index >= 15 is 0 Å². The van der Waals surface area contributed by atoms with Crippen LogP contribution in [0, 0.1) is 5.82 Å². The zero-order chi connectivity index (χ0) is 19.2. The lowest BCUT2D eigenvalue weighted by Gasteiger charge is -2.09. The number of hydrogen-bond donors (Lipinski definition) is 2. The van der Waals surface area contributed by atoms with Gasteiger partial charge in [-0.05, 0) is 30.3 Å². The zero-order valence-corrected chi connectivity index (χ0v) is 13.2. The number of carbonyl (C=O) groups excluding carboxylic acids is 2. The molecule has 2 rings (SSSR count). The van der Waals surface area contributed by atoms with Crippen molar-refractivity contribution in [3.8, 4) is 0 Å². The molecule has 0 saturated heterocycles. The predicted octanol–water partition coefficient (Wildman–Crippen LogP) is 2.72. The Morgan fingerprint density at radius 1 is 1.04 bits per heavy atom. The Kier molecular flexibility index (Phi) is 6.05. The van der Waals surface area contributed by atoms with Gasteiger partial charge < -0.3 is 5.32 Å². The van der Waals surface area contributed by atoms with Gasteiger partial charge in [0.2, 0.25) is 0 Å². The summed E-state index contributed by atoms with van der Waals surface area (Å²) in [6, 6.07) is 9.42. The van der Waals surface area contributed by atoms with Gasteiger partial charge in [0.25, 0.3) is 11.8 Å². The summed E-state index contributed by atoms with van der Waals surface area (Å²) in [5.74, 6) is -1.85. The van der Waals surface area contributed by atoms with Crippen LogP contribution in [0.3, 0.4) is 0 Å². The molecule has 0 saturated carbocycles. The third-order valence-corrected chi connectivity index (χ3v) is 3.17. The van der Waals surface area contributed by atoms with E-state index in [-0.39, 0.29) is 11.1 Å². The molecule has 136 valence electrons. The molecule has 2 N–H and O–H groups in total. The van der Waals surface area contributed by atoms with Gasteiger partial charge in [-0.1, -0.05) is 18.2 Å². The number of rotatable bonds is 5. The van der Waals surface area contributed by atoms with Gasteiger partial charge in [0, 0.05) is 11.1 Å². The van der Waals surface area contributed by atoms with Gasteiger partial charge in [-0.3, -0.25) is 9.59 Å². The standard InChI is InChI=1S/C17H13F4N3O2/c18-13-7-5-11(6-8-13)16(26)22-10-15(25)24-23-9-12-3-1-2-4-14(12)17(19,20)21/h1-9H,10H2,(H,22,26)(H,24,25)/b23-9+. The van der Waals surface area contributed by atoms with Crippen molar-refractivity contribution in [3.05, 3.63) is 71.0 Å². The van der Waals surface area contributed by atoms with Crippen LogP contribution in [0.4, 0.5) is 17.6 Å². The summed E-state index contributed by atoms with van der Waals surface area (Å²) >= 11 is 0. The van der Waals surface area contributed by atoms with Crippen molar-refractivity contribution in [2.24, 2.45) is 5.10 Å². The first-order valence-corrected chi connectivity index (χ1v) is 7.29. The monoisotopic (exact) mass is 367 g/mol. The first kappa shape index (κ1) is 19.1. The van der Waals surface area contributed by atoms with Crippen molar-refractivity contribution in [2.45, 2.75) is 6.18 Å². The molecule has 2 aromatic rings. The van der Waals surface area contributed by atoms with Crippen molar-refractivity contribution in [1.29, 1.82) is 0 Å². The van der Waals surface area contributed by atoms with Crippen molar-refractivity contribution in [1.82, 2.24) is 10.7 Å². The van der Waals surface area contributed by atoms with Crippen LogP contribution in [-0.2, 0) is 11.0 Å². The summed E-state index contributed by atoms with van der Waals surface area (Å²) in [6.07, 6.45) is -3.68. The van der Waals surface area contributed by atoms with E-state index in [9.17, 15) is 27.2 Å². The van der Waals surface area contributed by atoms with E-state index < -0.39 is 35.9 Å². The van der Waals surface area contributed by atoms with Crippen LogP contribution >= 0.6 is 0 Å². The maximum atomic E-state index is 12.8. The number of halogens is 4. The SMILES string of the molecule is O=C(CNC(=O)c1ccc(F)cc1)N/N=C/c1ccccc1C(F)(F)F. The van der Waals surface area contributed by atoms with Crippen LogP contribution < -0.4 is 10.7 Å².